The Labute approximate surface area is 103 Å². The molecule has 0 fully saturated rings. The highest BCUT2D eigenvalue weighted by molar-refractivity contribution is 6.57. The van der Waals surface area contributed by atoms with Gasteiger partial charge in [-0.2, -0.15) is 0 Å². The molecule has 0 amide bonds. The number of carbonyl (C=O) groups excluding carboxylic acids is 2. The van der Waals surface area contributed by atoms with E-state index in [-0.39, 0.29) is 0 Å². The topological polar surface area (TPSA) is 52.6 Å². The zero-order valence-corrected chi connectivity index (χ0v) is 9.94. The van der Waals surface area contributed by atoms with Gasteiger partial charge >= 0.3 is 0 Å². The number of hydrogen-bond acceptors (Lipinski definition) is 4. The van der Waals surface area contributed by atoms with Crippen LogP contribution in [0.3, 0.4) is 0 Å². The molecule has 0 saturated carbocycles. The Morgan fingerprint density at radius 1 is 1.00 bits per heavy atom. The van der Waals surface area contributed by atoms with E-state index in [1.807, 2.05) is 6.07 Å². The molecule has 0 saturated heterocycles. The van der Waals surface area contributed by atoms with Gasteiger partial charge in [-0.25, -0.2) is 0 Å². The summed E-state index contributed by atoms with van der Waals surface area (Å²) in [5, 5.41) is 1.46. The van der Waals surface area contributed by atoms with Crippen molar-refractivity contribution in [3.05, 3.63) is 35.4 Å². The molecule has 4 heteroatoms. The summed E-state index contributed by atoms with van der Waals surface area (Å²) >= 11 is 0. The van der Waals surface area contributed by atoms with Crippen molar-refractivity contribution in [3.8, 4) is 11.5 Å². The molecule has 0 radical (unpaired) electrons. The highest BCUT2D eigenvalue weighted by Gasteiger charge is 2.35. The molecule has 18 heavy (non-hydrogen) atoms. The number of methoxy groups -OCH3 is 2. The highest BCUT2D eigenvalue weighted by atomic mass is 16.5. The third kappa shape index (κ3) is 1.14. The van der Waals surface area contributed by atoms with E-state index in [9.17, 15) is 9.59 Å². The van der Waals surface area contributed by atoms with Crippen molar-refractivity contribution >= 4 is 22.3 Å². The van der Waals surface area contributed by atoms with Gasteiger partial charge in [-0.05, 0) is 11.5 Å². The molecule has 1 aliphatic rings. The molecule has 0 aromatic heterocycles. The van der Waals surface area contributed by atoms with E-state index >= 15 is 0 Å². The Morgan fingerprint density at radius 2 is 1.78 bits per heavy atom. The number of ketones is 2. The standard InChI is InChI=1S/C14H10O4/c1-17-9-6-7-4-3-5-8-10(7)11(14(9)18-2)13(16)12(8)15/h3-6H,1-2H3. The van der Waals surface area contributed by atoms with E-state index in [0.717, 1.165) is 5.39 Å². The molecule has 0 spiro atoms. The van der Waals surface area contributed by atoms with Crippen LogP contribution < -0.4 is 9.47 Å². The second-order valence-electron chi connectivity index (χ2n) is 4.05. The molecule has 90 valence electrons. The number of hydrogen-bond donors (Lipinski definition) is 0. The number of carbonyl (C=O) groups is 2. The Morgan fingerprint density at radius 3 is 2.44 bits per heavy atom. The smallest absolute Gasteiger partial charge is 0.238 e. The summed E-state index contributed by atoms with van der Waals surface area (Å²) in [6.45, 7) is 0. The maximum absolute atomic E-state index is 12.0. The monoisotopic (exact) mass is 242 g/mol. The molecule has 3 rings (SSSR count). The summed E-state index contributed by atoms with van der Waals surface area (Å²) in [7, 11) is 2.96. The van der Waals surface area contributed by atoms with Gasteiger partial charge in [0.05, 0.1) is 19.8 Å². The van der Waals surface area contributed by atoms with Crippen LogP contribution in [0, 0.1) is 0 Å². The summed E-state index contributed by atoms with van der Waals surface area (Å²) < 4.78 is 10.4. The van der Waals surface area contributed by atoms with Crippen LogP contribution in [0.15, 0.2) is 24.3 Å². The average Bonchev–Trinajstić information content (AvgIpc) is 2.66. The van der Waals surface area contributed by atoms with Gasteiger partial charge in [0.1, 0.15) is 0 Å². The van der Waals surface area contributed by atoms with Crippen molar-refractivity contribution in [1.29, 1.82) is 0 Å². The molecule has 2 aromatic rings. The Kier molecular flexibility index (Phi) is 2.13. The first-order chi connectivity index (χ1) is 8.69. The molecule has 0 bridgehead atoms. The van der Waals surface area contributed by atoms with Gasteiger partial charge in [0.25, 0.3) is 0 Å². The number of ether oxygens (including phenoxy) is 2. The van der Waals surface area contributed by atoms with Crippen molar-refractivity contribution in [2.24, 2.45) is 0 Å². The largest absolute Gasteiger partial charge is 0.493 e. The molecule has 0 unspecified atom stereocenters. The van der Waals surface area contributed by atoms with Gasteiger partial charge in [0.15, 0.2) is 11.5 Å². The summed E-state index contributed by atoms with van der Waals surface area (Å²) in [5.41, 5.74) is 0.751. The van der Waals surface area contributed by atoms with E-state index in [2.05, 4.69) is 0 Å². The summed E-state index contributed by atoms with van der Waals surface area (Å²) in [6, 6.07) is 7.03. The van der Waals surface area contributed by atoms with Crippen LogP contribution >= 0.6 is 0 Å². The van der Waals surface area contributed by atoms with Crippen LogP contribution in [0.5, 0.6) is 11.5 Å². The molecule has 0 N–H and O–H groups in total. The minimum absolute atomic E-state index is 0.312. The maximum Gasteiger partial charge on any atom is 0.238 e. The van der Waals surface area contributed by atoms with Crippen LogP contribution in [0.2, 0.25) is 0 Å². The lowest BCUT2D eigenvalue weighted by Crippen LogP contribution is -2.08. The maximum atomic E-state index is 12.0. The van der Waals surface area contributed by atoms with E-state index < -0.39 is 11.6 Å². The van der Waals surface area contributed by atoms with Gasteiger partial charge in [0, 0.05) is 10.9 Å². The number of benzene rings is 2. The average molecular weight is 242 g/mol. The minimum atomic E-state index is -0.531. The molecule has 0 atom stereocenters. The second-order valence-corrected chi connectivity index (χ2v) is 4.05. The molecule has 2 aromatic carbocycles. The summed E-state index contributed by atoms with van der Waals surface area (Å²) in [5.74, 6) is -0.229. The van der Waals surface area contributed by atoms with Gasteiger partial charge in [-0.15, -0.1) is 0 Å². The fraction of sp³-hybridized carbons (Fsp3) is 0.143. The molecule has 0 aliphatic heterocycles. The lowest BCUT2D eigenvalue weighted by molar-refractivity contribution is 0.0823. The SMILES string of the molecule is COc1cc2cccc3c2c(c1OC)C(=O)C3=O. The fourth-order valence-electron chi connectivity index (χ4n) is 2.41. The molecular weight excluding hydrogens is 232 g/mol. The van der Waals surface area contributed by atoms with Crippen molar-refractivity contribution in [3.63, 3.8) is 0 Å². The second kappa shape index (κ2) is 3.57. The normalized spacial score (nSPS) is 13.2. The van der Waals surface area contributed by atoms with E-state index in [1.165, 1.54) is 14.2 Å². The Balaban J connectivity index is 2.53. The lowest BCUT2D eigenvalue weighted by Gasteiger charge is -2.11. The van der Waals surface area contributed by atoms with Gasteiger partial charge in [-0.1, -0.05) is 18.2 Å². The van der Waals surface area contributed by atoms with Crippen LogP contribution in [0.25, 0.3) is 10.8 Å². The molecular formula is C14H10O4. The lowest BCUT2D eigenvalue weighted by atomic mass is 10.0. The van der Waals surface area contributed by atoms with Crippen LogP contribution in [-0.2, 0) is 0 Å². The Hall–Kier alpha value is -2.36. The van der Waals surface area contributed by atoms with E-state index in [0.29, 0.717) is 28.0 Å². The molecule has 1 aliphatic carbocycles. The van der Waals surface area contributed by atoms with E-state index in [1.54, 1.807) is 18.2 Å². The third-order valence-electron chi connectivity index (χ3n) is 3.19. The van der Waals surface area contributed by atoms with Crippen molar-refractivity contribution in [2.45, 2.75) is 0 Å². The first-order valence-electron chi connectivity index (χ1n) is 5.45. The number of rotatable bonds is 2. The quantitative estimate of drug-likeness (QED) is 0.758. The zero-order valence-electron chi connectivity index (χ0n) is 9.94. The zero-order chi connectivity index (χ0) is 12.9. The predicted molar refractivity (Wildman–Crippen MR) is 65.7 cm³/mol. The minimum Gasteiger partial charge on any atom is -0.493 e. The molecule has 0 heterocycles. The fourth-order valence-corrected chi connectivity index (χ4v) is 2.41. The van der Waals surface area contributed by atoms with E-state index in [4.69, 9.17) is 9.47 Å². The van der Waals surface area contributed by atoms with Crippen LogP contribution in [0.1, 0.15) is 20.7 Å². The van der Waals surface area contributed by atoms with Gasteiger partial charge < -0.3 is 9.47 Å². The first-order valence-corrected chi connectivity index (χ1v) is 5.45. The van der Waals surface area contributed by atoms with Crippen molar-refractivity contribution < 1.29 is 19.1 Å². The third-order valence-corrected chi connectivity index (χ3v) is 3.19. The van der Waals surface area contributed by atoms with Crippen LogP contribution in [-0.4, -0.2) is 25.8 Å². The number of Topliss-reactive ketones (excluding diaryl/α,β-unsaturated/α-hetero) is 2. The summed E-state index contributed by atoms with van der Waals surface area (Å²) in [4.78, 5) is 23.9. The van der Waals surface area contributed by atoms with Crippen molar-refractivity contribution in [2.75, 3.05) is 14.2 Å². The predicted octanol–water partition coefficient (Wildman–Crippen LogP) is 2.24. The van der Waals surface area contributed by atoms with Crippen LogP contribution in [0.4, 0.5) is 0 Å². The highest BCUT2D eigenvalue weighted by Crippen LogP contribution is 2.42. The van der Waals surface area contributed by atoms with Gasteiger partial charge in [0.2, 0.25) is 11.6 Å². The van der Waals surface area contributed by atoms with Gasteiger partial charge in [-0.3, -0.25) is 9.59 Å². The van der Waals surface area contributed by atoms with Crippen molar-refractivity contribution in [1.82, 2.24) is 0 Å². The Bertz CT molecular complexity index is 700. The first kappa shape index (κ1) is 10.8. The summed E-state index contributed by atoms with van der Waals surface area (Å²) in [6.07, 6.45) is 0. The molecule has 4 nitrogen and oxygen atoms in total.